The SMILES string of the molecule is O=C(NCC1CCCS1)N[C@@H](C(=O)O)c1ccccc1Cl. The number of halogens is 1. The molecule has 1 aromatic carbocycles. The lowest BCUT2D eigenvalue weighted by Gasteiger charge is -2.17. The highest BCUT2D eigenvalue weighted by molar-refractivity contribution is 8.00. The second kappa shape index (κ2) is 7.56. The topological polar surface area (TPSA) is 78.4 Å². The first-order chi connectivity index (χ1) is 10.1. The fraction of sp³-hybridized carbons (Fsp3) is 0.429. The van der Waals surface area contributed by atoms with Crippen molar-refractivity contribution in [1.29, 1.82) is 0 Å². The maximum Gasteiger partial charge on any atom is 0.331 e. The number of rotatable bonds is 5. The number of carboxylic acids is 1. The van der Waals surface area contributed by atoms with E-state index in [2.05, 4.69) is 10.6 Å². The molecule has 0 aliphatic carbocycles. The zero-order valence-electron chi connectivity index (χ0n) is 11.3. The average molecular weight is 329 g/mol. The van der Waals surface area contributed by atoms with Crippen molar-refractivity contribution in [2.45, 2.75) is 24.1 Å². The third kappa shape index (κ3) is 4.54. The van der Waals surface area contributed by atoms with Gasteiger partial charge in [-0.3, -0.25) is 0 Å². The summed E-state index contributed by atoms with van der Waals surface area (Å²) in [5, 5.41) is 15.2. The van der Waals surface area contributed by atoms with E-state index in [1.807, 2.05) is 11.8 Å². The maximum atomic E-state index is 11.9. The van der Waals surface area contributed by atoms with Crippen LogP contribution in [-0.2, 0) is 4.79 Å². The van der Waals surface area contributed by atoms with Crippen LogP contribution in [0.25, 0.3) is 0 Å². The third-order valence-corrected chi connectivity index (χ3v) is 5.00. The van der Waals surface area contributed by atoms with Crippen LogP contribution in [0.5, 0.6) is 0 Å². The number of thioether (sulfide) groups is 1. The Morgan fingerprint density at radius 2 is 2.19 bits per heavy atom. The molecule has 1 aliphatic rings. The Hall–Kier alpha value is -1.40. The predicted octanol–water partition coefficient (Wildman–Crippen LogP) is 2.66. The van der Waals surface area contributed by atoms with E-state index >= 15 is 0 Å². The lowest BCUT2D eigenvalue weighted by atomic mass is 10.1. The largest absolute Gasteiger partial charge is 0.479 e. The van der Waals surface area contributed by atoms with Gasteiger partial charge in [0.05, 0.1) is 0 Å². The van der Waals surface area contributed by atoms with Crippen LogP contribution < -0.4 is 10.6 Å². The van der Waals surface area contributed by atoms with Gasteiger partial charge in [-0.05, 0) is 24.7 Å². The van der Waals surface area contributed by atoms with Crippen LogP contribution in [0, 0.1) is 0 Å². The molecule has 1 heterocycles. The van der Waals surface area contributed by atoms with Crippen LogP contribution >= 0.6 is 23.4 Å². The summed E-state index contributed by atoms with van der Waals surface area (Å²) in [6.07, 6.45) is 2.24. The van der Waals surface area contributed by atoms with Gasteiger partial charge in [0.15, 0.2) is 6.04 Å². The number of hydrogen-bond acceptors (Lipinski definition) is 3. The molecular formula is C14H17ClN2O3S. The van der Waals surface area contributed by atoms with Crippen molar-refractivity contribution < 1.29 is 14.7 Å². The predicted molar refractivity (Wildman–Crippen MR) is 83.8 cm³/mol. The van der Waals surface area contributed by atoms with Crippen molar-refractivity contribution in [3.05, 3.63) is 34.9 Å². The minimum absolute atomic E-state index is 0.316. The van der Waals surface area contributed by atoms with Gasteiger partial charge in [-0.1, -0.05) is 29.8 Å². The Morgan fingerprint density at radius 1 is 1.43 bits per heavy atom. The highest BCUT2D eigenvalue weighted by Crippen LogP contribution is 2.25. The number of benzene rings is 1. The average Bonchev–Trinajstić information content (AvgIpc) is 2.96. The highest BCUT2D eigenvalue weighted by atomic mass is 35.5. The van der Waals surface area contributed by atoms with Gasteiger partial charge in [0, 0.05) is 22.4 Å². The summed E-state index contributed by atoms with van der Waals surface area (Å²) in [5.74, 6) is -0.0285. The van der Waals surface area contributed by atoms with Crippen LogP contribution in [0.1, 0.15) is 24.4 Å². The lowest BCUT2D eigenvalue weighted by Crippen LogP contribution is -2.42. The molecule has 0 spiro atoms. The van der Waals surface area contributed by atoms with Crippen molar-refractivity contribution in [1.82, 2.24) is 10.6 Å². The standard InChI is InChI=1S/C14H17ClN2O3S/c15-11-6-2-1-5-10(11)12(13(18)19)17-14(20)16-8-9-4-3-7-21-9/h1-2,5-6,9,12H,3-4,7-8H2,(H,18,19)(H2,16,17,20)/t9?,12-/m1/s1. The molecule has 1 fully saturated rings. The fourth-order valence-corrected chi connectivity index (χ4v) is 3.62. The third-order valence-electron chi connectivity index (χ3n) is 3.25. The summed E-state index contributed by atoms with van der Waals surface area (Å²) in [6.45, 7) is 0.547. The number of urea groups is 1. The molecule has 2 atom stereocenters. The molecular weight excluding hydrogens is 312 g/mol. The van der Waals surface area contributed by atoms with Crippen molar-refractivity contribution in [2.75, 3.05) is 12.3 Å². The number of aliphatic carboxylic acids is 1. The van der Waals surface area contributed by atoms with Gasteiger partial charge >= 0.3 is 12.0 Å². The minimum Gasteiger partial charge on any atom is -0.479 e. The van der Waals surface area contributed by atoms with Crippen molar-refractivity contribution in [3.63, 3.8) is 0 Å². The Balaban J connectivity index is 1.94. The van der Waals surface area contributed by atoms with Crippen LogP contribution in [0.15, 0.2) is 24.3 Å². The monoisotopic (exact) mass is 328 g/mol. The molecule has 3 N–H and O–H groups in total. The molecule has 21 heavy (non-hydrogen) atoms. The zero-order valence-corrected chi connectivity index (χ0v) is 12.9. The van der Waals surface area contributed by atoms with Gasteiger partial charge in [0.2, 0.25) is 0 Å². The van der Waals surface area contributed by atoms with Crippen molar-refractivity contribution in [3.8, 4) is 0 Å². The molecule has 1 unspecified atom stereocenters. The van der Waals surface area contributed by atoms with Gasteiger partial charge < -0.3 is 15.7 Å². The molecule has 1 saturated heterocycles. The summed E-state index contributed by atoms with van der Waals surface area (Å²) >= 11 is 7.82. The molecule has 114 valence electrons. The first-order valence-corrected chi connectivity index (χ1v) is 8.14. The lowest BCUT2D eigenvalue weighted by molar-refractivity contribution is -0.139. The highest BCUT2D eigenvalue weighted by Gasteiger charge is 2.24. The summed E-state index contributed by atoms with van der Waals surface area (Å²) in [5.41, 5.74) is 0.372. The number of carboxylic acid groups (broad SMARTS) is 1. The molecule has 5 nitrogen and oxygen atoms in total. The molecule has 1 aromatic rings. The second-order valence-corrected chi connectivity index (χ2v) is 6.60. The van der Waals surface area contributed by atoms with E-state index in [4.69, 9.17) is 11.6 Å². The molecule has 2 rings (SSSR count). The van der Waals surface area contributed by atoms with E-state index in [1.165, 1.54) is 0 Å². The van der Waals surface area contributed by atoms with Gasteiger partial charge in [-0.15, -0.1) is 0 Å². The molecule has 7 heteroatoms. The second-order valence-electron chi connectivity index (χ2n) is 4.78. The van der Waals surface area contributed by atoms with Crippen LogP contribution in [-0.4, -0.2) is 34.7 Å². The first-order valence-electron chi connectivity index (χ1n) is 6.71. The number of nitrogens with one attached hydrogen (secondary N) is 2. The normalized spacial score (nSPS) is 19.0. The van der Waals surface area contributed by atoms with Gasteiger partial charge in [0.1, 0.15) is 0 Å². The minimum atomic E-state index is -1.16. The quantitative estimate of drug-likeness (QED) is 0.776. The Morgan fingerprint density at radius 3 is 2.81 bits per heavy atom. The molecule has 2 amide bonds. The van der Waals surface area contributed by atoms with Crippen LogP contribution in [0.4, 0.5) is 4.79 Å². The Kier molecular flexibility index (Phi) is 5.76. The number of carbonyl (C=O) groups excluding carboxylic acids is 1. The van der Waals surface area contributed by atoms with Crippen molar-refractivity contribution in [2.24, 2.45) is 0 Å². The zero-order chi connectivity index (χ0) is 15.2. The summed E-state index contributed by atoms with van der Waals surface area (Å²) in [6, 6.07) is 4.94. The van der Waals surface area contributed by atoms with E-state index in [-0.39, 0.29) is 0 Å². The van der Waals surface area contributed by atoms with Crippen LogP contribution in [0.3, 0.4) is 0 Å². The number of amides is 2. The van der Waals surface area contributed by atoms with E-state index in [1.54, 1.807) is 24.3 Å². The van der Waals surface area contributed by atoms with Crippen molar-refractivity contribution >= 4 is 35.4 Å². The van der Waals surface area contributed by atoms with Crippen LogP contribution in [0.2, 0.25) is 5.02 Å². The summed E-state index contributed by atoms with van der Waals surface area (Å²) in [7, 11) is 0. The number of hydrogen-bond donors (Lipinski definition) is 3. The molecule has 0 aromatic heterocycles. The van der Waals surface area contributed by atoms with E-state index in [9.17, 15) is 14.7 Å². The smallest absolute Gasteiger partial charge is 0.331 e. The Bertz CT molecular complexity index is 521. The van der Waals surface area contributed by atoms with Gasteiger partial charge in [0.25, 0.3) is 0 Å². The maximum absolute atomic E-state index is 11.9. The molecule has 0 radical (unpaired) electrons. The molecule has 0 saturated carbocycles. The first kappa shape index (κ1) is 16.0. The van der Waals surface area contributed by atoms with Gasteiger partial charge in [-0.2, -0.15) is 11.8 Å². The summed E-state index contributed by atoms with van der Waals surface area (Å²) in [4.78, 5) is 23.2. The fourth-order valence-electron chi connectivity index (χ4n) is 2.18. The molecule has 0 bridgehead atoms. The summed E-state index contributed by atoms with van der Waals surface area (Å²) < 4.78 is 0. The van der Waals surface area contributed by atoms with E-state index in [0.717, 1.165) is 18.6 Å². The Labute approximate surface area is 132 Å². The van der Waals surface area contributed by atoms with E-state index < -0.39 is 18.0 Å². The van der Waals surface area contributed by atoms with E-state index in [0.29, 0.717) is 22.4 Å². The number of carbonyl (C=O) groups is 2. The van der Waals surface area contributed by atoms with Gasteiger partial charge in [-0.25, -0.2) is 9.59 Å². The molecule has 1 aliphatic heterocycles.